The summed E-state index contributed by atoms with van der Waals surface area (Å²) in [5.41, 5.74) is 0. The predicted molar refractivity (Wildman–Crippen MR) is 53.6 cm³/mol. The molecule has 0 saturated heterocycles. The summed E-state index contributed by atoms with van der Waals surface area (Å²) in [4.78, 5) is 21.5. The van der Waals surface area contributed by atoms with Gasteiger partial charge in [0.05, 0.1) is 6.42 Å². The van der Waals surface area contributed by atoms with Crippen LogP contribution in [0.25, 0.3) is 0 Å². The molecule has 0 N–H and O–H groups in total. The molecule has 0 radical (unpaired) electrons. The quantitative estimate of drug-likeness (QED) is 0.344. The van der Waals surface area contributed by atoms with Crippen LogP contribution in [-0.4, -0.2) is 11.6 Å². The molecule has 13 heavy (non-hydrogen) atoms. The van der Waals surface area contributed by atoms with E-state index in [4.69, 9.17) is 0 Å². The topological polar surface area (TPSA) is 34.1 Å². The molecular weight excluding hydrogens is 164 g/mol. The predicted octanol–water partition coefficient (Wildman–Crippen LogP) is 2.67. The van der Waals surface area contributed by atoms with Crippen LogP contribution in [-0.2, 0) is 9.59 Å². The highest BCUT2D eigenvalue weighted by molar-refractivity contribution is 6.03. The Balaban J connectivity index is 3.48. The van der Waals surface area contributed by atoms with Crippen LogP contribution < -0.4 is 0 Å². The van der Waals surface area contributed by atoms with E-state index in [2.05, 4.69) is 6.92 Å². The maximum atomic E-state index is 11.0. The maximum Gasteiger partial charge on any atom is 0.162 e. The van der Waals surface area contributed by atoms with Crippen LogP contribution in [0.15, 0.2) is 12.2 Å². The first-order valence-electron chi connectivity index (χ1n) is 4.85. The van der Waals surface area contributed by atoms with Crippen LogP contribution >= 0.6 is 0 Å². The van der Waals surface area contributed by atoms with E-state index in [0.717, 1.165) is 12.8 Å². The number of unbranched alkanes of at least 4 members (excludes halogenated alkanes) is 3. The zero-order valence-corrected chi connectivity index (χ0v) is 8.51. The lowest BCUT2D eigenvalue weighted by Crippen LogP contribution is -1.99. The third-order valence-corrected chi connectivity index (χ3v) is 1.70. The van der Waals surface area contributed by atoms with Gasteiger partial charge in [0.15, 0.2) is 5.78 Å². The molecule has 0 spiro atoms. The van der Waals surface area contributed by atoms with Gasteiger partial charge in [-0.25, -0.2) is 0 Å². The lowest BCUT2D eigenvalue weighted by Gasteiger charge is -1.91. The first-order valence-corrected chi connectivity index (χ1v) is 4.85. The molecule has 0 saturated carbocycles. The highest BCUT2D eigenvalue weighted by atomic mass is 16.1. The van der Waals surface area contributed by atoms with Gasteiger partial charge in [0.2, 0.25) is 0 Å². The molecule has 0 aliphatic rings. The second-order valence-electron chi connectivity index (χ2n) is 3.24. The van der Waals surface area contributed by atoms with Gasteiger partial charge in [0, 0.05) is 0 Å². The van der Waals surface area contributed by atoms with Crippen LogP contribution in [0, 0.1) is 0 Å². The van der Waals surface area contributed by atoms with Crippen molar-refractivity contribution in [2.24, 2.45) is 0 Å². The smallest absolute Gasteiger partial charge is 0.162 e. The van der Waals surface area contributed by atoms with Gasteiger partial charge in [-0.1, -0.05) is 25.8 Å². The molecule has 0 amide bonds. The molecular formula is C11H18O2. The number of rotatable bonds is 7. The Bertz CT molecular complexity index is 192. The van der Waals surface area contributed by atoms with Crippen molar-refractivity contribution in [1.82, 2.24) is 0 Å². The van der Waals surface area contributed by atoms with E-state index < -0.39 is 0 Å². The Kier molecular flexibility index (Phi) is 7.17. The molecule has 2 nitrogen and oxygen atoms in total. The Morgan fingerprint density at radius 2 is 1.92 bits per heavy atom. The molecule has 0 aliphatic carbocycles. The summed E-state index contributed by atoms with van der Waals surface area (Å²) in [6.45, 7) is 3.58. The molecule has 0 fully saturated rings. The summed E-state index contributed by atoms with van der Waals surface area (Å²) < 4.78 is 0. The summed E-state index contributed by atoms with van der Waals surface area (Å²) in [6.07, 6.45) is 7.89. The SMILES string of the molecule is CCCCCC=CC(=O)CC(C)=O. The van der Waals surface area contributed by atoms with Gasteiger partial charge in [-0.05, 0) is 25.8 Å². The number of allylic oxidation sites excluding steroid dienone is 2. The zero-order valence-electron chi connectivity index (χ0n) is 8.51. The maximum absolute atomic E-state index is 11.0. The number of hydrogen-bond donors (Lipinski definition) is 0. The number of Topliss-reactive ketones (excluding diaryl/α,β-unsaturated/α-hetero) is 1. The average molecular weight is 182 g/mol. The molecule has 0 aromatic carbocycles. The first kappa shape index (κ1) is 12.1. The van der Waals surface area contributed by atoms with Crippen molar-refractivity contribution in [3.05, 3.63) is 12.2 Å². The summed E-state index contributed by atoms with van der Waals surface area (Å²) >= 11 is 0. The standard InChI is InChI=1S/C11H18O2/c1-3-4-5-6-7-8-11(13)9-10(2)12/h7-8H,3-6,9H2,1-2H3. The van der Waals surface area contributed by atoms with Crippen LogP contribution in [0.5, 0.6) is 0 Å². The molecule has 0 unspecified atom stereocenters. The summed E-state index contributed by atoms with van der Waals surface area (Å²) in [6, 6.07) is 0. The summed E-state index contributed by atoms with van der Waals surface area (Å²) in [5, 5.41) is 0. The van der Waals surface area contributed by atoms with Crippen LogP contribution in [0.1, 0.15) is 46.0 Å². The second-order valence-corrected chi connectivity index (χ2v) is 3.24. The van der Waals surface area contributed by atoms with Gasteiger partial charge < -0.3 is 0 Å². The minimum Gasteiger partial charge on any atom is -0.300 e. The van der Waals surface area contributed by atoms with Crippen LogP contribution in [0.3, 0.4) is 0 Å². The first-order chi connectivity index (χ1) is 6.16. The fourth-order valence-electron chi connectivity index (χ4n) is 1.03. The van der Waals surface area contributed by atoms with E-state index in [1.807, 2.05) is 6.08 Å². The molecule has 0 aromatic rings. The van der Waals surface area contributed by atoms with Gasteiger partial charge >= 0.3 is 0 Å². The van der Waals surface area contributed by atoms with Gasteiger partial charge in [-0.2, -0.15) is 0 Å². The van der Waals surface area contributed by atoms with Gasteiger partial charge in [-0.15, -0.1) is 0 Å². The second kappa shape index (κ2) is 7.71. The normalized spacial score (nSPS) is 10.6. The fraction of sp³-hybridized carbons (Fsp3) is 0.636. The number of carbonyl (C=O) groups is 2. The molecule has 0 heterocycles. The summed E-state index contributed by atoms with van der Waals surface area (Å²) in [7, 11) is 0. The van der Waals surface area contributed by atoms with Crippen molar-refractivity contribution >= 4 is 11.6 Å². The van der Waals surface area contributed by atoms with Crippen molar-refractivity contribution in [2.45, 2.75) is 46.0 Å². The third-order valence-electron chi connectivity index (χ3n) is 1.70. The third kappa shape index (κ3) is 8.99. The molecule has 2 heteroatoms. The van der Waals surface area contributed by atoms with E-state index in [-0.39, 0.29) is 18.0 Å². The monoisotopic (exact) mass is 182 g/mol. The van der Waals surface area contributed by atoms with E-state index in [1.165, 1.54) is 25.8 Å². The van der Waals surface area contributed by atoms with Gasteiger partial charge in [0.1, 0.15) is 5.78 Å². The number of carbonyl (C=O) groups excluding carboxylic acids is 2. The van der Waals surface area contributed by atoms with E-state index in [0.29, 0.717) is 0 Å². The van der Waals surface area contributed by atoms with Crippen LogP contribution in [0.2, 0.25) is 0 Å². The molecule has 0 rings (SSSR count). The zero-order chi connectivity index (χ0) is 10.1. The summed E-state index contributed by atoms with van der Waals surface area (Å²) in [5.74, 6) is -0.146. The van der Waals surface area contributed by atoms with Crippen molar-refractivity contribution in [3.8, 4) is 0 Å². The lowest BCUT2D eigenvalue weighted by molar-refractivity contribution is -0.123. The molecule has 0 aliphatic heterocycles. The largest absolute Gasteiger partial charge is 0.300 e. The van der Waals surface area contributed by atoms with Crippen molar-refractivity contribution < 1.29 is 9.59 Å². The highest BCUT2D eigenvalue weighted by Gasteiger charge is 1.99. The van der Waals surface area contributed by atoms with Gasteiger partial charge in [-0.3, -0.25) is 9.59 Å². The minimum absolute atomic E-state index is 0.0459. The van der Waals surface area contributed by atoms with E-state index >= 15 is 0 Å². The number of hydrogen-bond acceptors (Lipinski definition) is 2. The lowest BCUT2D eigenvalue weighted by atomic mass is 10.1. The van der Waals surface area contributed by atoms with Crippen LogP contribution in [0.4, 0.5) is 0 Å². The highest BCUT2D eigenvalue weighted by Crippen LogP contribution is 2.00. The molecule has 0 atom stereocenters. The average Bonchev–Trinajstić information content (AvgIpc) is 2.02. The molecule has 74 valence electrons. The minimum atomic E-state index is -0.0796. The Morgan fingerprint density at radius 3 is 2.46 bits per heavy atom. The molecule has 0 aromatic heterocycles. The Morgan fingerprint density at radius 1 is 1.23 bits per heavy atom. The Labute approximate surface area is 80.0 Å². The Hall–Kier alpha value is -0.920. The molecule has 0 bridgehead atoms. The van der Waals surface area contributed by atoms with Crippen molar-refractivity contribution in [1.29, 1.82) is 0 Å². The fourth-order valence-corrected chi connectivity index (χ4v) is 1.03. The number of ketones is 2. The van der Waals surface area contributed by atoms with Crippen molar-refractivity contribution in [2.75, 3.05) is 0 Å². The van der Waals surface area contributed by atoms with E-state index in [9.17, 15) is 9.59 Å². The van der Waals surface area contributed by atoms with Crippen molar-refractivity contribution in [3.63, 3.8) is 0 Å². The van der Waals surface area contributed by atoms with Gasteiger partial charge in [0.25, 0.3) is 0 Å². The van der Waals surface area contributed by atoms with E-state index in [1.54, 1.807) is 0 Å².